The van der Waals surface area contributed by atoms with Crippen LogP contribution >= 0.6 is 0 Å². The molecule has 1 aromatic rings. The third-order valence-electron chi connectivity index (χ3n) is 7.23. The number of hydrogen-bond donors (Lipinski definition) is 1. The molecule has 1 N–H and O–H groups in total. The van der Waals surface area contributed by atoms with Gasteiger partial charge in [-0.1, -0.05) is 13.8 Å². The Balaban J connectivity index is 1.72. The highest BCUT2D eigenvalue weighted by atomic mass is 19.1. The van der Waals surface area contributed by atoms with E-state index in [4.69, 9.17) is 0 Å². The molecule has 1 aliphatic carbocycles. The van der Waals surface area contributed by atoms with E-state index in [2.05, 4.69) is 42.0 Å². The summed E-state index contributed by atoms with van der Waals surface area (Å²) in [5.74, 6) is 0.411. The Morgan fingerprint density at radius 2 is 2.17 bits per heavy atom. The molecule has 2 aliphatic rings. The second-order valence-corrected chi connectivity index (χ2v) is 9.08. The first-order valence-corrected chi connectivity index (χ1v) is 10.3. The van der Waals surface area contributed by atoms with Crippen LogP contribution in [0, 0.1) is 28.1 Å². The second-order valence-electron chi connectivity index (χ2n) is 9.08. The van der Waals surface area contributed by atoms with Gasteiger partial charge in [-0.2, -0.15) is 10.5 Å². The number of amides is 1. The Morgan fingerprint density at radius 3 is 2.83 bits per heavy atom. The third-order valence-corrected chi connectivity index (χ3v) is 7.23. The lowest BCUT2D eigenvalue weighted by Gasteiger charge is -2.45. The first kappa shape index (κ1) is 22.0. The number of likely N-dealkylation sites (tertiary alicyclic amines) is 1. The number of alkyl halides is 1. The maximum absolute atomic E-state index is 13.7. The fourth-order valence-electron chi connectivity index (χ4n) is 4.94. The SMILES string of the molecule is CN(c1ncccc1C#N)C1CC[C@@](C)(NCC(=O)N2C[C@@H](F)C[C@H]2C#N)C1(C)C. The number of nitrogens with one attached hydrogen (secondary N) is 1. The van der Waals surface area contributed by atoms with Crippen molar-refractivity contribution in [3.8, 4) is 12.1 Å². The molecule has 1 aliphatic heterocycles. The minimum atomic E-state index is -1.14. The van der Waals surface area contributed by atoms with Crippen LogP contribution in [-0.4, -0.2) is 59.7 Å². The van der Waals surface area contributed by atoms with Crippen molar-refractivity contribution < 1.29 is 9.18 Å². The first-order valence-electron chi connectivity index (χ1n) is 10.3. The van der Waals surface area contributed by atoms with Crippen LogP contribution in [0.4, 0.5) is 10.2 Å². The van der Waals surface area contributed by atoms with Crippen LogP contribution in [0.5, 0.6) is 0 Å². The van der Waals surface area contributed by atoms with Gasteiger partial charge in [-0.25, -0.2) is 9.37 Å². The van der Waals surface area contributed by atoms with Gasteiger partial charge in [0, 0.05) is 36.7 Å². The van der Waals surface area contributed by atoms with E-state index in [0.717, 1.165) is 12.8 Å². The lowest BCUT2D eigenvalue weighted by atomic mass is 9.73. The van der Waals surface area contributed by atoms with Gasteiger partial charge in [0.1, 0.15) is 24.1 Å². The largest absolute Gasteiger partial charge is 0.355 e. The predicted molar refractivity (Wildman–Crippen MR) is 111 cm³/mol. The van der Waals surface area contributed by atoms with Gasteiger partial charge in [-0.05, 0) is 31.9 Å². The van der Waals surface area contributed by atoms with Crippen LogP contribution in [0.2, 0.25) is 0 Å². The highest BCUT2D eigenvalue weighted by Gasteiger charge is 2.53. The molecule has 7 nitrogen and oxygen atoms in total. The minimum absolute atomic E-state index is 0.0131. The minimum Gasteiger partial charge on any atom is -0.355 e. The number of hydrogen-bond acceptors (Lipinski definition) is 6. The van der Waals surface area contributed by atoms with E-state index < -0.39 is 12.2 Å². The summed E-state index contributed by atoms with van der Waals surface area (Å²) in [5, 5.41) is 22.0. The Kier molecular flexibility index (Phi) is 6.01. The first-order chi connectivity index (χ1) is 14.1. The molecule has 1 unspecified atom stereocenters. The number of pyridine rings is 1. The molecule has 0 bridgehead atoms. The van der Waals surface area contributed by atoms with Crippen LogP contribution in [0.15, 0.2) is 18.3 Å². The molecule has 1 aromatic heterocycles. The van der Waals surface area contributed by atoms with Crippen LogP contribution in [-0.2, 0) is 4.79 Å². The summed E-state index contributed by atoms with van der Waals surface area (Å²) in [5.41, 5.74) is -0.0563. The monoisotopic (exact) mass is 412 g/mol. The van der Waals surface area contributed by atoms with Crippen LogP contribution in [0.1, 0.15) is 45.6 Å². The number of aromatic nitrogens is 1. The molecule has 3 rings (SSSR count). The summed E-state index contributed by atoms with van der Waals surface area (Å²) >= 11 is 0. The lowest BCUT2D eigenvalue weighted by molar-refractivity contribution is -0.131. The third kappa shape index (κ3) is 3.73. The van der Waals surface area contributed by atoms with Gasteiger partial charge in [0.25, 0.3) is 0 Å². The normalized spacial score (nSPS) is 30.0. The number of carbonyl (C=O) groups excluding carboxylic acids is 1. The Bertz CT molecular complexity index is 890. The number of carbonyl (C=O) groups is 1. The number of anilines is 1. The van der Waals surface area contributed by atoms with Gasteiger partial charge >= 0.3 is 0 Å². The molecule has 1 amide bonds. The fraction of sp³-hybridized carbons (Fsp3) is 0.636. The summed E-state index contributed by atoms with van der Waals surface area (Å²) in [6, 6.07) is 7.17. The standard InChI is InChI=1S/C22H29FN6O/c1-21(2)18(28(4)20-15(11-24)6-5-9-26-20)7-8-22(21,3)27-13-19(30)29-14-16(23)10-17(29)12-25/h5-6,9,16-18,27H,7-8,10,13-14H2,1-4H3/t16-,17-,18?,22+/m0/s1. The number of rotatable bonds is 5. The van der Waals surface area contributed by atoms with Crippen LogP contribution < -0.4 is 10.2 Å². The highest BCUT2D eigenvalue weighted by Crippen LogP contribution is 2.48. The molecule has 0 radical (unpaired) electrons. The molecular formula is C22H29FN6O. The number of nitrogens with zero attached hydrogens (tertiary/aromatic N) is 5. The maximum Gasteiger partial charge on any atom is 0.237 e. The fourth-order valence-corrected chi connectivity index (χ4v) is 4.94. The topological polar surface area (TPSA) is 96.1 Å². The summed E-state index contributed by atoms with van der Waals surface area (Å²) in [7, 11) is 1.95. The number of halogens is 1. The molecule has 8 heteroatoms. The van der Waals surface area contributed by atoms with Gasteiger partial charge in [-0.15, -0.1) is 0 Å². The van der Waals surface area contributed by atoms with Gasteiger partial charge < -0.3 is 15.1 Å². The van der Waals surface area contributed by atoms with E-state index >= 15 is 0 Å². The molecule has 1 saturated heterocycles. The van der Waals surface area contributed by atoms with E-state index in [0.29, 0.717) is 11.4 Å². The summed E-state index contributed by atoms with van der Waals surface area (Å²) in [6.07, 6.45) is 2.35. The summed E-state index contributed by atoms with van der Waals surface area (Å²) in [4.78, 5) is 20.5. The average Bonchev–Trinajstić information content (AvgIpc) is 3.22. The van der Waals surface area contributed by atoms with Crippen molar-refractivity contribution in [2.24, 2.45) is 5.41 Å². The Hall–Kier alpha value is -2.71. The van der Waals surface area contributed by atoms with Crippen molar-refractivity contribution >= 4 is 11.7 Å². The van der Waals surface area contributed by atoms with E-state index in [1.807, 2.05) is 13.1 Å². The summed E-state index contributed by atoms with van der Waals surface area (Å²) in [6.45, 7) is 6.45. The Morgan fingerprint density at radius 1 is 1.43 bits per heavy atom. The molecule has 2 heterocycles. The van der Waals surface area contributed by atoms with Gasteiger partial charge in [-0.3, -0.25) is 4.79 Å². The van der Waals surface area contributed by atoms with E-state index in [1.54, 1.807) is 18.3 Å². The van der Waals surface area contributed by atoms with E-state index in [1.165, 1.54) is 4.90 Å². The zero-order valence-corrected chi connectivity index (χ0v) is 18.0. The smallest absolute Gasteiger partial charge is 0.237 e. The predicted octanol–water partition coefficient (Wildman–Crippen LogP) is 2.39. The number of nitriles is 2. The molecule has 0 spiro atoms. The maximum atomic E-state index is 13.7. The van der Waals surface area contributed by atoms with Crippen molar-refractivity contribution in [1.29, 1.82) is 10.5 Å². The molecule has 4 atom stereocenters. The van der Waals surface area contributed by atoms with Gasteiger partial charge in [0.05, 0.1) is 24.7 Å². The highest BCUT2D eigenvalue weighted by molar-refractivity contribution is 5.79. The van der Waals surface area contributed by atoms with Gasteiger partial charge in [0.2, 0.25) is 5.91 Å². The van der Waals surface area contributed by atoms with Crippen LogP contribution in [0.3, 0.4) is 0 Å². The second kappa shape index (κ2) is 8.20. The van der Waals surface area contributed by atoms with Gasteiger partial charge in [0.15, 0.2) is 0 Å². The van der Waals surface area contributed by atoms with E-state index in [9.17, 15) is 19.7 Å². The van der Waals surface area contributed by atoms with Crippen molar-refractivity contribution in [3.63, 3.8) is 0 Å². The quantitative estimate of drug-likeness (QED) is 0.798. The van der Waals surface area contributed by atoms with Crippen molar-refractivity contribution in [1.82, 2.24) is 15.2 Å². The van der Waals surface area contributed by atoms with Crippen molar-refractivity contribution in [3.05, 3.63) is 23.9 Å². The summed E-state index contributed by atoms with van der Waals surface area (Å²) < 4.78 is 13.7. The molecule has 2 fully saturated rings. The van der Waals surface area contributed by atoms with Crippen LogP contribution in [0.25, 0.3) is 0 Å². The lowest BCUT2D eigenvalue weighted by Crippen LogP contribution is -2.58. The zero-order valence-electron chi connectivity index (χ0n) is 18.0. The van der Waals surface area contributed by atoms with Crippen molar-refractivity contribution in [2.75, 3.05) is 25.0 Å². The van der Waals surface area contributed by atoms with Crippen molar-refractivity contribution in [2.45, 2.75) is 63.8 Å². The zero-order chi connectivity index (χ0) is 22.1. The molecule has 160 valence electrons. The van der Waals surface area contributed by atoms with E-state index in [-0.39, 0.29) is 42.4 Å². The Labute approximate surface area is 177 Å². The molecular weight excluding hydrogens is 383 g/mol. The molecule has 1 saturated carbocycles. The molecule has 0 aromatic carbocycles. The molecule has 30 heavy (non-hydrogen) atoms. The average molecular weight is 413 g/mol.